The lowest BCUT2D eigenvalue weighted by molar-refractivity contribution is 0.266. The smallest absolute Gasteiger partial charge is 0.254 e. The van der Waals surface area contributed by atoms with E-state index in [-0.39, 0.29) is 5.76 Å². The molecule has 2 nitrogen and oxygen atoms in total. The molecule has 0 amide bonds. The van der Waals surface area contributed by atoms with Gasteiger partial charge < -0.3 is 4.52 Å². The second-order valence-electron chi connectivity index (χ2n) is 1.67. The summed E-state index contributed by atoms with van der Waals surface area (Å²) in [7, 11) is 0. The highest BCUT2D eigenvalue weighted by Crippen LogP contribution is 2.15. The summed E-state index contributed by atoms with van der Waals surface area (Å²) in [6.07, 6.45) is -1.29. The summed E-state index contributed by atoms with van der Waals surface area (Å²) < 4.78 is 28.3. The number of aromatic nitrogens is 1. The van der Waals surface area contributed by atoms with E-state index in [1.54, 1.807) is 0 Å². The fourth-order valence-corrected chi connectivity index (χ4v) is 0.454. The Labute approximate surface area is 50.5 Å². The van der Waals surface area contributed by atoms with Gasteiger partial charge in [-0.05, 0) is 12.1 Å². The molecule has 0 bridgehead atoms. The fraction of sp³-hybridized carbons (Fsp3) is 0.400. The Bertz CT molecular complexity index is 197. The highest BCUT2D eigenvalue weighted by molar-refractivity contribution is 4.97. The van der Waals surface area contributed by atoms with E-state index >= 15 is 0 Å². The van der Waals surface area contributed by atoms with E-state index in [1.165, 1.54) is 6.92 Å². The first-order valence-corrected chi connectivity index (χ1v) is 2.46. The van der Waals surface area contributed by atoms with Crippen molar-refractivity contribution in [2.45, 2.75) is 13.1 Å². The monoisotopic (exact) mass is 133 g/mol. The maximum absolute atomic E-state index is 12.1. The van der Waals surface area contributed by atoms with Crippen LogP contribution in [-0.4, -0.2) is 5.16 Å². The van der Waals surface area contributed by atoms with Gasteiger partial charge in [-0.3, -0.25) is 0 Å². The van der Waals surface area contributed by atoms with Gasteiger partial charge in [-0.25, -0.2) is 4.39 Å². The van der Waals surface area contributed by atoms with Crippen molar-refractivity contribution < 1.29 is 13.3 Å². The second-order valence-corrected chi connectivity index (χ2v) is 1.67. The average Bonchev–Trinajstić information content (AvgIpc) is 2.14. The predicted octanol–water partition coefficient (Wildman–Crippen LogP) is 1.84. The zero-order valence-electron chi connectivity index (χ0n) is 4.77. The lowest BCUT2D eigenvalue weighted by Gasteiger charge is -1.88. The summed E-state index contributed by atoms with van der Waals surface area (Å²) in [5.74, 6) is -0.859. The molecule has 1 aromatic rings. The largest absolute Gasteiger partial charge is 0.355 e. The van der Waals surface area contributed by atoms with Crippen LogP contribution in [0.15, 0.2) is 10.6 Å². The lowest BCUT2D eigenvalue weighted by atomic mass is 10.3. The van der Waals surface area contributed by atoms with E-state index in [0.29, 0.717) is 0 Å². The van der Waals surface area contributed by atoms with Gasteiger partial charge in [0.15, 0.2) is 11.9 Å². The summed E-state index contributed by atoms with van der Waals surface area (Å²) in [4.78, 5) is 0. The normalized spacial score (nSPS) is 13.7. The van der Waals surface area contributed by atoms with Gasteiger partial charge in [0.05, 0.1) is 0 Å². The minimum Gasteiger partial charge on any atom is -0.355 e. The van der Waals surface area contributed by atoms with Crippen LogP contribution in [0.1, 0.15) is 18.9 Å². The Morgan fingerprint density at radius 1 is 1.78 bits per heavy atom. The topological polar surface area (TPSA) is 26.0 Å². The SMILES string of the molecule is CC(F)c1cc(F)no1. The summed E-state index contributed by atoms with van der Waals surface area (Å²) in [5, 5.41) is 2.86. The Morgan fingerprint density at radius 3 is 2.67 bits per heavy atom. The van der Waals surface area contributed by atoms with Gasteiger partial charge in [-0.15, -0.1) is 0 Å². The summed E-state index contributed by atoms with van der Waals surface area (Å²) in [5.41, 5.74) is 0. The average molecular weight is 133 g/mol. The number of halogens is 2. The van der Waals surface area contributed by atoms with Gasteiger partial charge in [0.25, 0.3) is 5.95 Å². The van der Waals surface area contributed by atoms with Crippen molar-refractivity contribution in [3.8, 4) is 0 Å². The molecule has 0 saturated heterocycles. The third-order valence-electron chi connectivity index (χ3n) is 0.892. The molecule has 50 valence electrons. The molecule has 1 atom stereocenters. The summed E-state index contributed by atoms with van der Waals surface area (Å²) in [6.45, 7) is 1.25. The van der Waals surface area contributed by atoms with E-state index in [9.17, 15) is 8.78 Å². The highest BCUT2D eigenvalue weighted by Gasteiger charge is 2.09. The highest BCUT2D eigenvalue weighted by atomic mass is 19.1. The minimum absolute atomic E-state index is 0.0764. The maximum atomic E-state index is 12.1. The van der Waals surface area contributed by atoms with Crippen LogP contribution in [0.3, 0.4) is 0 Å². The first-order valence-electron chi connectivity index (χ1n) is 2.46. The maximum Gasteiger partial charge on any atom is 0.254 e. The molecule has 1 unspecified atom stereocenters. The van der Waals surface area contributed by atoms with Crippen LogP contribution in [0, 0.1) is 5.95 Å². The third-order valence-corrected chi connectivity index (χ3v) is 0.892. The Balaban J connectivity index is 2.85. The Kier molecular flexibility index (Phi) is 1.46. The molecule has 0 spiro atoms. The van der Waals surface area contributed by atoms with Crippen molar-refractivity contribution in [1.82, 2.24) is 5.16 Å². The molecule has 1 aromatic heterocycles. The van der Waals surface area contributed by atoms with Gasteiger partial charge in [-0.1, -0.05) is 0 Å². The van der Waals surface area contributed by atoms with Gasteiger partial charge >= 0.3 is 0 Å². The summed E-state index contributed by atoms with van der Waals surface area (Å²) >= 11 is 0. The first kappa shape index (κ1) is 6.19. The van der Waals surface area contributed by atoms with Crippen LogP contribution in [0.2, 0.25) is 0 Å². The molecular formula is C5H5F2NO. The summed E-state index contributed by atoms with van der Waals surface area (Å²) in [6, 6.07) is 0.921. The van der Waals surface area contributed by atoms with Gasteiger partial charge in [-0.2, -0.15) is 4.39 Å². The zero-order valence-corrected chi connectivity index (χ0v) is 4.77. The van der Waals surface area contributed by atoms with Crippen molar-refractivity contribution in [3.63, 3.8) is 0 Å². The van der Waals surface area contributed by atoms with Crippen LogP contribution >= 0.6 is 0 Å². The molecule has 0 aromatic carbocycles. The quantitative estimate of drug-likeness (QED) is 0.584. The van der Waals surface area contributed by atoms with Crippen LogP contribution in [0.4, 0.5) is 8.78 Å². The molecule has 0 aliphatic rings. The fourth-order valence-electron chi connectivity index (χ4n) is 0.454. The van der Waals surface area contributed by atoms with Crippen molar-refractivity contribution in [2.24, 2.45) is 0 Å². The molecule has 0 aliphatic carbocycles. The van der Waals surface area contributed by atoms with Crippen LogP contribution in [-0.2, 0) is 0 Å². The van der Waals surface area contributed by atoms with Gasteiger partial charge in [0.2, 0.25) is 0 Å². The van der Waals surface area contributed by atoms with E-state index < -0.39 is 12.1 Å². The lowest BCUT2D eigenvalue weighted by Crippen LogP contribution is -1.77. The van der Waals surface area contributed by atoms with E-state index in [1.807, 2.05) is 0 Å². The first-order chi connectivity index (χ1) is 4.20. The molecule has 0 N–H and O–H groups in total. The van der Waals surface area contributed by atoms with Crippen molar-refractivity contribution >= 4 is 0 Å². The Hall–Kier alpha value is -0.930. The molecule has 0 aliphatic heterocycles. The predicted molar refractivity (Wildman–Crippen MR) is 26.0 cm³/mol. The number of rotatable bonds is 1. The van der Waals surface area contributed by atoms with Crippen molar-refractivity contribution in [1.29, 1.82) is 0 Å². The van der Waals surface area contributed by atoms with Gasteiger partial charge in [0.1, 0.15) is 0 Å². The third kappa shape index (κ3) is 1.25. The molecule has 0 fully saturated rings. The molecule has 0 radical (unpaired) electrons. The molecule has 9 heavy (non-hydrogen) atoms. The second kappa shape index (κ2) is 2.13. The number of hydrogen-bond acceptors (Lipinski definition) is 2. The number of nitrogens with zero attached hydrogens (tertiary/aromatic N) is 1. The van der Waals surface area contributed by atoms with E-state index in [2.05, 4.69) is 9.68 Å². The molecular weight excluding hydrogens is 128 g/mol. The Morgan fingerprint density at radius 2 is 2.44 bits per heavy atom. The minimum atomic E-state index is -1.29. The molecule has 4 heteroatoms. The van der Waals surface area contributed by atoms with E-state index in [0.717, 1.165) is 6.07 Å². The molecule has 1 heterocycles. The molecule has 0 saturated carbocycles. The van der Waals surface area contributed by atoms with Crippen LogP contribution < -0.4 is 0 Å². The van der Waals surface area contributed by atoms with Crippen molar-refractivity contribution in [3.05, 3.63) is 17.8 Å². The number of alkyl halides is 1. The van der Waals surface area contributed by atoms with Crippen LogP contribution in [0.25, 0.3) is 0 Å². The van der Waals surface area contributed by atoms with Crippen molar-refractivity contribution in [2.75, 3.05) is 0 Å². The van der Waals surface area contributed by atoms with E-state index in [4.69, 9.17) is 0 Å². The molecule has 1 rings (SSSR count). The van der Waals surface area contributed by atoms with Gasteiger partial charge in [0, 0.05) is 6.07 Å². The standard InChI is InChI=1S/C5H5F2NO/c1-3(6)4-2-5(7)8-9-4/h2-3H,1H3. The zero-order chi connectivity index (χ0) is 6.85. The van der Waals surface area contributed by atoms with Crippen LogP contribution in [0.5, 0.6) is 0 Å². The number of hydrogen-bond donors (Lipinski definition) is 0.